The third kappa shape index (κ3) is 7.04. The summed E-state index contributed by atoms with van der Waals surface area (Å²) in [5.41, 5.74) is 0. The van der Waals surface area contributed by atoms with Crippen LogP contribution in [0.15, 0.2) is 29.2 Å². The van der Waals surface area contributed by atoms with Crippen molar-refractivity contribution in [3.05, 3.63) is 24.3 Å². The first-order chi connectivity index (χ1) is 9.47. The van der Waals surface area contributed by atoms with Crippen molar-refractivity contribution < 1.29 is 14.7 Å². The van der Waals surface area contributed by atoms with E-state index < -0.39 is 6.03 Å². The highest BCUT2D eigenvalue weighted by molar-refractivity contribution is 8.00. The summed E-state index contributed by atoms with van der Waals surface area (Å²) in [6.45, 7) is 4.69. The molecule has 3 amide bonds. The monoisotopic (exact) mass is 296 g/mol. The van der Waals surface area contributed by atoms with Crippen LogP contribution in [0.3, 0.4) is 0 Å². The third-order valence-electron chi connectivity index (χ3n) is 2.47. The van der Waals surface area contributed by atoms with Crippen LogP contribution >= 0.6 is 11.8 Å². The Morgan fingerprint density at radius 1 is 1.25 bits per heavy atom. The average molecular weight is 296 g/mol. The molecule has 0 unspecified atom stereocenters. The molecule has 1 aromatic rings. The molecule has 110 valence electrons. The lowest BCUT2D eigenvalue weighted by Crippen LogP contribution is -2.40. The zero-order valence-electron chi connectivity index (χ0n) is 11.7. The summed E-state index contributed by atoms with van der Waals surface area (Å²) in [6, 6.07) is 6.09. The summed E-state index contributed by atoms with van der Waals surface area (Å²) in [6.07, 6.45) is 0.879. The summed E-state index contributed by atoms with van der Waals surface area (Å²) in [4.78, 5) is 23.8. The molecule has 0 aromatic heterocycles. The maximum absolute atomic E-state index is 11.5. The van der Waals surface area contributed by atoms with Gasteiger partial charge in [-0.3, -0.25) is 10.1 Å². The summed E-state index contributed by atoms with van der Waals surface area (Å²) >= 11 is 1.30. The van der Waals surface area contributed by atoms with Gasteiger partial charge >= 0.3 is 6.03 Å². The van der Waals surface area contributed by atoms with Crippen molar-refractivity contribution in [3.63, 3.8) is 0 Å². The molecule has 0 aliphatic rings. The minimum atomic E-state index is -0.457. The van der Waals surface area contributed by atoms with Crippen LogP contribution in [0, 0.1) is 5.92 Å². The molecule has 0 aliphatic heterocycles. The SMILES string of the molecule is CC(C)CCNC(=O)NC(=O)CSc1ccc(O)cc1. The van der Waals surface area contributed by atoms with E-state index in [4.69, 9.17) is 5.11 Å². The summed E-state index contributed by atoms with van der Waals surface area (Å²) in [5, 5.41) is 14.0. The van der Waals surface area contributed by atoms with Gasteiger partial charge < -0.3 is 10.4 Å². The first-order valence-corrected chi connectivity index (χ1v) is 7.45. The Morgan fingerprint density at radius 3 is 2.50 bits per heavy atom. The Kier molecular flexibility index (Phi) is 6.93. The normalized spacial score (nSPS) is 10.3. The van der Waals surface area contributed by atoms with E-state index in [1.165, 1.54) is 11.8 Å². The van der Waals surface area contributed by atoms with Crippen LogP contribution in [0.1, 0.15) is 20.3 Å². The zero-order chi connectivity index (χ0) is 15.0. The predicted molar refractivity (Wildman–Crippen MR) is 79.8 cm³/mol. The predicted octanol–water partition coefficient (Wildman–Crippen LogP) is 2.36. The number of thioether (sulfide) groups is 1. The smallest absolute Gasteiger partial charge is 0.321 e. The molecule has 1 aromatic carbocycles. The minimum absolute atomic E-state index is 0.155. The molecule has 0 fully saturated rings. The fourth-order valence-electron chi connectivity index (χ4n) is 1.37. The van der Waals surface area contributed by atoms with E-state index in [0.29, 0.717) is 12.5 Å². The number of hydrogen-bond donors (Lipinski definition) is 3. The number of phenols is 1. The molecule has 3 N–H and O–H groups in total. The second kappa shape index (κ2) is 8.47. The van der Waals surface area contributed by atoms with E-state index >= 15 is 0 Å². The van der Waals surface area contributed by atoms with E-state index in [0.717, 1.165) is 11.3 Å². The molecule has 20 heavy (non-hydrogen) atoms. The van der Waals surface area contributed by atoms with Gasteiger partial charge in [0.2, 0.25) is 5.91 Å². The van der Waals surface area contributed by atoms with Gasteiger partial charge in [0.05, 0.1) is 5.75 Å². The zero-order valence-corrected chi connectivity index (χ0v) is 12.5. The molecular formula is C14H20N2O3S. The number of nitrogens with one attached hydrogen (secondary N) is 2. The van der Waals surface area contributed by atoms with Crippen LogP contribution in [-0.2, 0) is 4.79 Å². The van der Waals surface area contributed by atoms with Crippen molar-refractivity contribution in [1.82, 2.24) is 10.6 Å². The van der Waals surface area contributed by atoms with Gasteiger partial charge in [-0.15, -0.1) is 11.8 Å². The molecule has 0 radical (unpaired) electrons. The van der Waals surface area contributed by atoms with Gasteiger partial charge in [0.1, 0.15) is 5.75 Å². The quantitative estimate of drug-likeness (QED) is 0.704. The summed E-state index contributed by atoms with van der Waals surface area (Å²) in [7, 11) is 0. The number of benzene rings is 1. The lowest BCUT2D eigenvalue weighted by Gasteiger charge is -2.08. The summed E-state index contributed by atoms with van der Waals surface area (Å²) in [5.74, 6) is 0.507. The highest BCUT2D eigenvalue weighted by Gasteiger charge is 2.08. The lowest BCUT2D eigenvalue weighted by molar-refractivity contribution is -0.117. The molecule has 0 saturated carbocycles. The largest absolute Gasteiger partial charge is 0.508 e. The van der Waals surface area contributed by atoms with Crippen LogP contribution < -0.4 is 10.6 Å². The number of phenolic OH excluding ortho intramolecular Hbond substituents is 1. The molecule has 5 nitrogen and oxygen atoms in total. The van der Waals surface area contributed by atoms with E-state index in [9.17, 15) is 9.59 Å². The van der Waals surface area contributed by atoms with Crippen LogP contribution in [0.2, 0.25) is 0 Å². The van der Waals surface area contributed by atoms with Crippen molar-refractivity contribution in [2.75, 3.05) is 12.3 Å². The van der Waals surface area contributed by atoms with Crippen LogP contribution in [-0.4, -0.2) is 29.3 Å². The Balaban J connectivity index is 2.22. The standard InChI is InChI=1S/C14H20N2O3S/c1-10(2)7-8-15-14(19)16-13(18)9-20-12-5-3-11(17)4-6-12/h3-6,10,17H,7-9H2,1-2H3,(H2,15,16,18,19). The molecule has 0 atom stereocenters. The first kappa shape index (κ1) is 16.4. The number of aromatic hydroxyl groups is 1. The van der Waals surface area contributed by atoms with E-state index in [1.54, 1.807) is 24.3 Å². The van der Waals surface area contributed by atoms with Gasteiger partial charge in [0.25, 0.3) is 0 Å². The Labute approximate surface area is 123 Å². The molecule has 0 bridgehead atoms. The molecule has 0 aliphatic carbocycles. The van der Waals surface area contributed by atoms with E-state index in [1.807, 2.05) is 0 Å². The van der Waals surface area contributed by atoms with Crippen molar-refractivity contribution in [2.45, 2.75) is 25.2 Å². The third-order valence-corrected chi connectivity index (χ3v) is 3.48. The second-order valence-corrected chi connectivity index (χ2v) is 5.82. The fourth-order valence-corrected chi connectivity index (χ4v) is 2.07. The fraction of sp³-hybridized carbons (Fsp3) is 0.429. The molecule has 0 heterocycles. The molecule has 1 rings (SSSR count). The van der Waals surface area contributed by atoms with Gasteiger partial charge in [-0.25, -0.2) is 4.79 Å². The van der Waals surface area contributed by atoms with Gasteiger partial charge in [0.15, 0.2) is 0 Å². The van der Waals surface area contributed by atoms with E-state index in [-0.39, 0.29) is 17.4 Å². The Bertz CT molecular complexity index is 446. The molecule has 0 saturated heterocycles. The number of amides is 3. The minimum Gasteiger partial charge on any atom is -0.508 e. The number of carbonyl (C=O) groups excluding carboxylic acids is 2. The highest BCUT2D eigenvalue weighted by Crippen LogP contribution is 2.20. The summed E-state index contributed by atoms with van der Waals surface area (Å²) < 4.78 is 0. The maximum atomic E-state index is 11.5. The van der Waals surface area contributed by atoms with Crippen molar-refractivity contribution in [3.8, 4) is 5.75 Å². The molecule has 0 spiro atoms. The van der Waals surface area contributed by atoms with Crippen LogP contribution in [0.4, 0.5) is 4.79 Å². The average Bonchev–Trinajstić information content (AvgIpc) is 2.37. The van der Waals surface area contributed by atoms with Crippen molar-refractivity contribution in [1.29, 1.82) is 0 Å². The first-order valence-electron chi connectivity index (χ1n) is 6.47. The van der Waals surface area contributed by atoms with Crippen molar-refractivity contribution >= 4 is 23.7 Å². The number of imide groups is 1. The van der Waals surface area contributed by atoms with Gasteiger partial charge in [0, 0.05) is 11.4 Å². The highest BCUT2D eigenvalue weighted by atomic mass is 32.2. The number of hydrogen-bond acceptors (Lipinski definition) is 4. The van der Waals surface area contributed by atoms with E-state index in [2.05, 4.69) is 24.5 Å². The Morgan fingerprint density at radius 2 is 1.90 bits per heavy atom. The second-order valence-electron chi connectivity index (χ2n) is 4.77. The van der Waals surface area contributed by atoms with Gasteiger partial charge in [-0.05, 0) is 36.6 Å². The van der Waals surface area contributed by atoms with Crippen LogP contribution in [0.25, 0.3) is 0 Å². The molecular weight excluding hydrogens is 276 g/mol. The number of carbonyl (C=O) groups is 2. The number of rotatable bonds is 6. The topological polar surface area (TPSA) is 78.4 Å². The molecule has 6 heteroatoms. The maximum Gasteiger partial charge on any atom is 0.321 e. The van der Waals surface area contributed by atoms with Gasteiger partial charge in [-0.2, -0.15) is 0 Å². The lowest BCUT2D eigenvalue weighted by atomic mass is 10.1. The van der Waals surface area contributed by atoms with Crippen molar-refractivity contribution in [2.24, 2.45) is 5.92 Å². The Hall–Kier alpha value is -1.69. The van der Waals surface area contributed by atoms with Gasteiger partial charge in [-0.1, -0.05) is 13.8 Å². The number of urea groups is 1. The van der Waals surface area contributed by atoms with Crippen LogP contribution in [0.5, 0.6) is 5.75 Å².